The molecular formula is C10H20F2N2. The standard InChI is InChI=1S/C10H20F2N2/c1-9(6-13-7-10(11)12)8-14-4-2-3-5-14/h9-10,13H,2-8H2,1H3. The van der Waals surface area contributed by atoms with Crippen molar-refractivity contribution in [2.75, 3.05) is 32.7 Å². The minimum Gasteiger partial charge on any atom is -0.311 e. The van der Waals surface area contributed by atoms with E-state index in [0.29, 0.717) is 12.5 Å². The highest BCUT2D eigenvalue weighted by Gasteiger charge is 2.14. The molecule has 14 heavy (non-hydrogen) atoms. The lowest BCUT2D eigenvalue weighted by Crippen LogP contribution is -2.33. The summed E-state index contributed by atoms with van der Waals surface area (Å²) in [6, 6.07) is 0. The third-order valence-corrected chi connectivity index (χ3v) is 2.56. The third kappa shape index (κ3) is 4.86. The van der Waals surface area contributed by atoms with E-state index in [-0.39, 0.29) is 6.54 Å². The van der Waals surface area contributed by atoms with Crippen molar-refractivity contribution < 1.29 is 8.78 Å². The van der Waals surface area contributed by atoms with Gasteiger partial charge in [-0.1, -0.05) is 6.92 Å². The summed E-state index contributed by atoms with van der Waals surface area (Å²) >= 11 is 0. The van der Waals surface area contributed by atoms with Gasteiger partial charge in [-0.25, -0.2) is 8.78 Å². The third-order valence-electron chi connectivity index (χ3n) is 2.56. The highest BCUT2D eigenvalue weighted by molar-refractivity contribution is 4.70. The van der Waals surface area contributed by atoms with Gasteiger partial charge in [0.25, 0.3) is 6.43 Å². The molecule has 1 saturated heterocycles. The molecule has 1 N–H and O–H groups in total. The van der Waals surface area contributed by atoms with Crippen molar-refractivity contribution in [1.29, 1.82) is 0 Å². The molecule has 0 aliphatic carbocycles. The van der Waals surface area contributed by atoms with Crippen LogP contribution in [0.15, 0.2) is 0 Å². The second-order valence-electron chi connectivity index (χ2n) is 4.16. The molecule has 0 spiro atoms. The summed E-state index contributed by atoms with van der Waals surface area (Å²) in [4.78, 5) is 2.41. The zero-order valence-electron chi connectivity index (χ0n) is 8.81. The lowest BCUT2D eigenvalue weighted by molar-refractivity contribution is 0.143. The Labute approximate surface area is 84.7 Å². The van der Waals surface area contributed by atoms with Gasteiger partial charge in [0.2, 0.25) is 0 Å². The SMILES string of the molecule is CC(CNCC(F)F)CN1CCCC1. The van der Waals surface area contributed by atoms with E-state index in [9.17, 15) is 8.78 Å². The number of hydrogen-bond acceptors (Lipinski definition) is 2. The van der Waals surface area contributed by atoms with E-state index >= 15 is 0 Å². The Morgan fingerprint density at radius 1 is 1.21 bits per heavy atom. The van der Waals surface area contributed by atoms with Gasteiger partial charge in [-0.05, 0) is 38.4 Å². The van der Waals surface area contributed by atoms with Gasteiger partial charge in [-0.2, -0.15) is 0 Å². The van der Waals surface area contributed by atoms with Crippen molar-refractivity contribution in [1.82, 2.24) is 10.2 Å². The second kappa shape index (κ2) is 6.30. The summed E-state index contributed by atoms with van der Waals surface area (Å²) in [5.41, 5.74) is 0. The number of hydrogen-bond donors (Lipinski definition) is 1. The van der Waals surface area contributed by atoms with Crippen LogP contribution in [-0.2, 0) is 0 Å². The number of halogens is 2. The molecule has 0 radical (unpaired) electrons. The lowest BCUT2D eigenvalue weighted by Gasteiger charge is -2.20. The smallest absolute Gasteiger partial charge is 0.250 e. The van der Waals surface area contributed by atoms with E-state index in [0.717, 1.165) is 6.54 Å². The van der Waals surface area contributed by atoms with Crippen LogP contribution >= 0.6 is 0 Å². The Morgan fingerprint density at radius 3 is 2.43 bits per heavy atom. The van der Waals surface area contributed by atoms with Crippen LogP contribution in [0.2, 0.25) is 0 Å². The van der Waals surface area contributed by atoms with Crippen LogP contribution in [0.1, 0.15) is 19.8 Å². The maximum Gasteiger partial charge on any atom is 0.250 e. The van der Waals surface area contributed by atoms with E-state index in [2.05, 4.69) is 17.1 Å². The number of nitrogens with zero attached hydrogens (tertiary/aromatic N) is 1. The monoisotopic (exact) mass is 206 g/mol. The maximum absolute atomic E-state index is 11.8. The van der Waals surface area contributed by atoms with Gasteiger partial charge < -0.3 is 10.2 Å². The molecule has 1 aliphatic heterocycles. The van der Waals surface area contributed by atoms with Crippen LogP contribution in [0.4, 0.5) is 8.78 Å². The first-order valence-electron chi connectivity index (χ1n) is 5.39. The van der Waals surface area contributed by atoms with Crippen molar-refractivity contribution in [2.45, 2.75) is 26.2 Å². The predicted octanol–water partition coefficient (Wildman–Crippen LogP) is 1.57. The Morgan fingerprint density at radius 2 is 1.86 bits per heavy atom. The number of nitrogens with one attached hydrogen (secondary N) is 1. The van der Waals surface area contributed by atoms with Crippen molar-refractivity contribution in [3.8, 4) is 0 Å². The highest BCUT2D eigenvalue weighted by Crippen LogP contribution is 2.09. The first-order valence-corrected chi connectivity index (χ1v) is 5.39. The molecule has 4 heteroatoms. The molecule has 1 rings (SSSR count). The quantitative estimate of drug-likeness (QED) is 0.709. The molecule has 1 atom stereocenters. The molecule has 84 valence electrons. The Bertz CT molecular complexity index is 147. The van der Waals surface area contributed by atoms with Crippen LogP contribution in [-0.4, -0.2) is 44.0 Å². The fraction of sp³-hybridized carbons (Fsp3) is 1.00. The van der Waals surface area contributed by atoms with Crippen LogP contribution in [0.25, 0.3) is 0 Å². The number of rotatable bonds is 6. The van der Waals surface area contributed by atoms with E-state index < -0.39 is 6.43 Å². The first-order chi connectivity index (χ1) is 6.68. The lowest BCUT2D eigenvalue weighted by atomic mass is 10.1. The molecule has 1 fully saturated rings. The predicted molar refractivity (Wildman–Crippen MR) is 53.7 cm³/mol. The molecule has 0 bridgehead atoms. The Balaban J connectivity index is 2.00. The second-order valence-corrected chi connectivity index (χ2v) is 4.16. The van der Waals surface area contributed by atoms with Gasteiger partial charge in [0.1, 0.15) is 0 Å². The van der Waals surface area contributed by atoms with Crippen molar-refractivity contribution in [3.05, 3.63) is 0 Å². The largest absolute Gasteiger partial charge is 0.311 e. The van der Waals surface area contributed by atoms with E-state index in [1.54, 1.807) is 0 Å². The topological polar surface area (TPSA) is 15.3 Å². The van der Waals surface area contributed by atoms with Gasteiger partial charge >= 0.3 is 0 Å². The maximum atomic E-state index is 11.8. The molecule has 1 heterocycles. The summed E-state index contributed by atoms with van der Waals surface area (Å²) in [7, 11) is 0. The van der Waals surface area contributed by atoms with E-state index in [1.165, 1.54) is 25.9 Å². The molecule has 1 unspecified atom stereocenters. The fourth-order valence-corrected chi connectivity index (χ4v) is 1.91. The van der Waals surface area contributed by atoms with E-state index in [4.69, 9.17) is 0 Å². The van der Waals surface area contributed by atoms with Gasteiger partial charge in [-0.3, -0.25) is 0 Å². The van der Waals surface area contributed by atoms with Crippen molar-refractivity contribution in [3.63, 3.8) is 0 Å². The molecular weight excluding hydrogens is 186 g/mol. The van der Waals surface area contributed by atoms with Gasteiger partial charge in [-0.15, -0.1) is 0 Å². The molecule has 2 nitrogen and oxygen atoms in total. The van der Waals surface area contributed by atoms with Crippen LogP contribution < -0.4 is 5.32 Å². The molecule has 1 aliphatic rings. The average molecular weight is 206 g/mol. The van der Waals surface area contributed by atoms with Gasteiger partial charge in [0.05, 0.1) is 6.54 Å². The normalized spacial score (nSPS) is 20.6. The number of likely N-dealkylation sites (tertiary alicyclic amines) is 1. The summed E-state index contributed by atoms with van der Waals surface area (Å²) in [5.74, 6) is 0.465. The summed E-state index contributed by atoms with van der Waals surface area (Å²) in [5, 5.41) is 2.78. The molecule has 0 aromatic carbocycles. The zero-order chi connectivity index (χ0) is 10.4. The van der Waals surface area contributed by atoms with Gasteiger partial charge in [0.15, 0.2) is 0 Å². The fourth-order valence-electron chi connectivity index (χ4n) is 1.91. The molecule has 0 aromatic rings. The van der Waals surface area contributed by atoms with Crippen molar-refractivity contribution >= 4 is 0 Å². The zero-order valence-corrected chi connectivity index (χ0v) is 8.81. The summed E-state index contributed by atoms with van der Waals surface area (Å²) in [6.07, 6.45) is 0.350. The highest BCUT2D eigenvalue weighted by atomic mass is 19.3. The van der Waals surface area contributed by atoms with Crippen LogP contribution in [0.5, 0.6) is 0 Å². The van der Waals surface area contributed by atoms with Crippen LogP contribution in [0, 0.1) is 5.92 Å². The molecule has 0 amide bonds. The summed E-state index contributed by atoms with van der Waals surface area (Å²) in [6.45, 7) is 6.02. The molecule has 0 aromatic heterocycles. The van der Waals surface area contributed by atoms with Gasteiger partial charge in [0, 0.05) is 6.54 Å². The Kier molecular flexibility index (Phi) is 5.33. The van der Waals surface area contributed by atoms with Crippen LogP contribution in [0.3, 0.4) is 0 Å². The first kappa shape index (κ1) is 11.9. The summed E-state index contributed by atoms with van der Waals surface area (Å²) < 4.78 is 23.6. The average Bonchev–Trinajstić information content (AvgIpc) is 2.56. The molecule has 0 saturated carbocycles. The minimum atomic E-state index is -2.23. The number of alkyl halides is 2. The van der Waals surface area contributed by atoms with E-state index in [1.807, 2.05) is 0 Å². The Hall–Kier alpha value is -0.220. The minimum absolute atomic E-state index is 0.176. The van der Waals surface area contributed by atoms with Crippen molar-refractivity contribution in [2.24, 2.45) is 5.92 Å².